The van der Waals surface area contributed by atoms with Crippen LogP contribution in [-0.4, -0.2) is 36.0 Å². The van der Waals surface area contributed by atoms with Crippen LogP contribution in [0.15, 0.2) is 0 Å². The van der Waals surface area contributed by atoms with E-state index in [2.05, 4.69) is 17.1 Å². The monoisotopic (exact) mass is 182 g/mol. The summed E-state index contributed by atoms with van der Waals surface area (Å²) in [6, 6.07) is 0. The predicted molar refractivity (Wildman–Crippen MR) is 51.5 cm³/mol. The van der Waals surface area contributed by atoms with Gasteiger partial charge in [-0.2, -0.15) is 0 Å². The highest BCUT2D eigenvalue weighted by atomic mass is 16.2. The Morgan fingerprint density at radius 2 is 2.08 bits per heavy atom. The standard InChI is InChI=1S/C10H18N2O/c1-2-12-9(13)3-4-10(12)5-7-11-8-6-10/h11H,2-8H2,1H3. The first-order valence-electron chi connectivity index (χ1n) is 5.30. The molecule has 0 atom stereocenters. The molecule has 0 aromatic carbocycles. The van der Waals surface area contributed by atoms with Gasteiger partial charge in [0.15, 0.2) is 0 Å². The smallest absolute Gasteiger partial charge is 0.223 e. The number of piperidine rings is 1. The lowest BCUT2D eigenvalue weighted by Crippen LogP contribution is -2.51. The summed E-state index contributed by atoms with van der Waals surface area (Å²) >= 11 is 0. The molecule has 2 saturated heterocycles. The summed E-state index contributed by atoms with van der Waals surface area (Å²) in [5.41, 5.74) is 0.233. The van der Waals surface area contributed by atoms with Crippen LogP contribution in [0.4, 0.5) is 0 Å². The van der Waals surface area contributed by atoms with Gasteiger partial charge in [0.25, 0.3) is 0 Å². The van der Waals surface area contributed by atoms with Gasteiger partial charge in [-0.15, -0.1) is 0 Å². The third-order valence-corrected chi connectivity index (χ3v) is 3.53. The second-order valence-corrected chi connectivity index (χ2v) is 4.11. The Labute approximate surface area is 79.5 Å². The Balaban J connectivity index is 2.15. The van der Waals surface area contributed by atoms with Gasteiger partial charge in [0.05, 0.1) is 0 Å². The second kappa shape index (κ2) is 3.29. The zero-order chi connectivity index (χ0) is 9.31. The molecule has 1 N–H and O–H groups in total. The summed E-state index contributed by atoms with van der Waals surface area (Å²) < 4.78 is 0. The summed E-state index contributed by atoms with van der Waals surface area (Å²) in [5, 5.41) is 3.36. The minimum absolute atomic E-state index is 0.233. The Kier molecular flexibility index (Phi) is 2.28. The number of nitrogens with zero attached hydrogens (tertiary/aromatic N) is 1. The van der Waals surface area contributed by atoms with Crippen molar-refractivity contribution in [2.24, 2.45) is 0 Å². The highest BCUT2D eigenvalue weighted by molar-refractivity contribution is 5.79. The lowest BCUT2D eigenvalue weighted by molar-refractivity contribution is -0.131. The molecule has 2 rings (SSSR count). The Morgan fingerprint density at radius 3 is 2.69 bits per heavy atom. The Hall–Kier alpha value is -0.570. The summed E-state index contributed by atoms with van der Waals surface area (Å²) in [5.74, 6) is 0.365. The number of carbonyl (C=O) groups excluding carboxylic acids is 1. The third kappa shape index (κ3) is 1.35. The van der Waals surface area contributed by atoms with Crippen LogP contribution in [0.5, 0.6) is 0 Å². The molecule has 0 aliphatic carbocycles. The van der Waals surface area contributed by atoms with Crippen LogP contribution in [-0.2, 0) is 4.79 Å². The van der Waals surface area contributed by atoms with Crippen molar-refractivity contribution in [3.8, 4) is 0 Å². The summed E-state index contributed by atoms with van der Waals surface area (Å²) in [6.07, 6.45) is 4.15. The first kappa shape index (κ1) is 9.00. The number of carbonyl (C=O) groups is 1. The molecule has 0 saturated carbocycles. The minimum atomic E-state index is 0.233. The lowest BCUT2D eigenvalue weighted by Gasteiger charge is -2.41. The summed E-state index contributed by atoms with van der Waals surface area (Å²) in [6.45, 7) is 5.12. The first-order valence-corrected chi connectivity index (χ1v) is 5.30. The average Bonchev–Trinajstić information content (AvgIpc) is 2.45. The molecule has 1 spiro atoms. The largest absolute Gasteiger partial charge is 0.337 e. The SMILES string of the molecule is CCN1C(=O)CCC12CCNCC2. The zero-order valence-corrected chi connectivity index (χ0v) is 8.31. The van der Waals surface area contributed by atoms with Crippen LogP contribution in [0.3, 0.4) is 0 Å². The van der Waals surface area contributed by atoms with Crippen molar-refractivity contribution in [2.45, 2.75) is 38.1 Å². The van der Waals surface area contributed by atoms with Gasteiger partial charge in [-0.3, -0.25) is 4.79 Å². The number of nitrogens with one attached hydrogen (secondary N) is 1. The van der Waals surface area contributed by atoms with Crippen molar-refractivity contribution in [2.75, 3.05) is 19.6 Å². The fraction of sp³-hybridized carbons (Fsp3) is 0.900. The van der Waals surface area contributed by atoms with E-state index in [-0.39, 0.29) is 5.54 Å². The first-order chi connectivity index (χ1) is 6.28. The van der Waals surface area contributed by atoms with Gasteiger partial charge >= 0.3 is 0 Å². The molecule has 0 bridgehead atoms. The number of amides is 1. The van der Waals surface area contributed by atoms with Gasteiger partial charge < -0.3 is 10.2 Å². The van der Waals surface area contributed by atoms with E-state index >= 15 is 0 Å². The molecule has 2 heterocycles. The molecule has 0 unspecified atom stereocenters. The highest BCUT2D eigenvalue weighted by Gasteiger charge is 2.44. The van der Waals surface area contributed by atoms with Crippen LogP contribution in [0.1, 0.15) is 32.6 Å². The molecule has 0 aromatic rings. The second-order valence-electron chi connectivity index (χ2n) is 4.11. The van der Waals surface area contributed by atoms with E-state index in [9.17, 15) is 4.79 Å². The van der Waals surface area contributed by atoms with Crippen molar-refractivity contribution in [1.82, 2.24) is 10.2 Å². The van der Waals surface area contributed by atoms with Crippen molar-refractivity contribution >= 4 is 5.91 Å². The van der Waals surface area contributed by atoms with E-state index in [0.717, 1.165) is 45.3 Å². The normalized spacial score (nSPS) is 27.2. The fourth-order valence-corrected chi connectivity index (χ4v) is 2.80. The molecular formula is C10H18N2O. The summed E-state index contributed by atoms with van der Waals surface area (Å²) in [4.78, 5) is 13.7. The van der Waals surface area contributed by atoms with E-state index in [4.69, 9.17) is 0 Å². The van der Waals surface area contributed by atoms with Gasteiger partial charge in [-0.1, -0.05) is 0 Å². The molecule has 0 radical (unpaired) electrons. The van der Waals surface area contributed by atoms with Crippen LogP contribution in [0.25, 0.3) is 0 Å². The van der Waals surface area contributed by atoms with Crippen molar-refractivity contribution < 1.29 is 4.79 Å². The van der Waals surface area contributed by atoms with E-state index in [0.29, 0.717) is 5.91 Å². The van der Waals surface area contributed by atoms with Crippen molar-refractivity contribution in [1.29, 1.82) is 0 Å². The Morgan fingerprint density at radius 1 is 1.38 bits per heavy atom. The molecule has 3 nitrogen and oxygen atoms in total. The maximum atomic E-state index is 11.6. The Bertz CT molecular complexity index is 209. The maximum absolute atomic E-state index is 11.6. The fourth-order valence-electron chi connectivity index (χ4n) is 2.80. The number of hydrogen-bond acceptors (Lipinski definition) is 2. The van der Waals surface area contributed by atoms with Gasteiger partial charge in [0.2, 0.25) is 5.91 Å². The number of rotatable bonds is 1. The van der Waals surface area contributed by atoms with Crippen LogP contribution in [0.2, 0.25) is 0 Å². The van der Waals surface area contributed by atoms with Crippen LogP contribution in [0, 0.1) is 0 Å². The molecule has 0 aromatic heterocycles. The lowest BCUT2D eigenvalue weighted by atomic mass is 9.86. The van der Waals surface area contributed by atoms with Crippen LogP contribution < -0.4 is 5.32 Å². The summed E-state index contributed by atoms with van der Waals surface area (Å²) in [7, 11) is 0. The molecule has 74 valence electrons. The van der Waals surface area contributed by atoms with E-state index < -0.39 is 0 Å². The topological polar surface area (TPSA) is 32.3 Å². The van der Waals surface area contributed by atoms with Crippen molar-refractivity contribution in [3.05, 3.63) is 0 Å². The average molecular weight is 182 g/mol. The molecule has 2 aliphatic heterocycles. The quantitative estimate of drug-likeness (QED) is 0.649. The molecule has 2 aliphatic rings. The maximum Gasteiger partial charge on any atom is 0.223 e. The van der Waals surface area contributed by atoms with Crippen molar-refractivity contribution in [3.63, 3.8) is 0 Å². The highest BCUT2D eigenvalue weighted by Crippen LogP contribution is 2.36. The molecule has 13 heavy (non-hydrogen) atoms. The molecule has 1 amide bonds. The third-order valence-electron chi connectivity index (χ3n) is 3.53. The number of hydrogen-bond donors (Lipinski definition) is 1. The van der Waals surface area contributed by atoms with E-state index in [1.165, 1.54) is 0 Å². The molecule has 2 fully saturated rings. The zero-order valence-electron chi connectivity index (χ0n) is 8.31. The molecule has 3 heteroatoms. The van der Waals surface area contributed by atoms with E-state index in [1.54, 1.807) is 0 Å². The minimum Gasteiger partial charge on any atom is -0.337 e. The predicted octanol–water partition coefficient (Wildman–Crippen LogP) is 0.751. The van der Waals surface area contributed by atoms with Gasteiger partial charge in [0.1, 0.15) is 0 Å². The van der Waals surface area contributed by atoms with E-state index in [1.807, 2.05) is 0 Å². The van der Waals surface area contributed by atoms with Gasteiger partial charge in [-0.25, -0.2) is 0 Å². The molecular weight excluding hydrogens is 164 g/mol. The number of likely N-dealkylation sites (tertiary alicyclic amines) is 1. The van der Waals surface area contributed by atoms with Crippen LogP contribution >= 0.6 is 0 Å². The van der Waals surface area contributed by atoms with Gasteiger partial charge in [-0.05, 0) is 39.3 Å². The van der Waals surface area contributed by atoms with Gasteiger partial charge in [0, 0.05) is 18.5 Å².